The minimum Gasteiger partial charge on any atom is -0.453 e. The van der Waals surface area contributed by atoms with E-state index in [9.17, 15) is 26.7 Å². The van der Waals surface area contributed by atoms with Gasteiger partial charge in [0.1, 0.15) is 5.82 Å². The Labute approximate surface area is 145 Å². The molecule has 0 spiro atoms. The van der Waals surface area contributed by atoms with Crippen molar-refractivity contribution in [1.82, 2.24) is 5.32 Å². The van der Waals surface area contributed by atoms with Gasteiger partial charge >= 0.3 is 17.9 Å². The molecule has 3 rings (SSSR count). The smallest absolute Gasteiger partial charge is 0.406 e. The largest absolute Gasteiger partial charge is 0.453 e. The summed E-state index contributed by atoms with van der Waals surface area (Å²) in [6.07, 6.45) is -0.858. The molecule has 0 aromatic heterocycles. The maximum absolute atomic E-state index is 14.7. The number of hydrogen-bond acceptors (Lipinski definition) is 2. The molecule has 1 aliphatic rings. The SMILES string of the molecule is COC(=O)NCC1c2ccccc2C(F)(F)C(F)(F)c2c(F)cccc21. The second-order valence-corrected chi connectivity index (χ2v) is 5.87. The van der Waals surface area contributed by atoms with E-state index in [1.165, 1.54) is 24.3 Å². The Bertz CT molecular complexity index is 853. The van der Waals surface area contributed by atoms with Gasteiger partial charge in [0.05, 0.1) is 12.7 Å². The zero-order valence-electron chi connectivity index (χ0n) is 13.5. The molecular weight excluding hydrogens is 357 g/mol. The normalized spacial score (nSPS) is 19.7. The van der Waals surface area contributed by atoms with Crippen molar-refractivity contribution in [2.75, 3.05) is 13.7 Å². The van der Waals surface area contributed by atoms with Gasteiger partial charge in [-0.1, -0.05) is 36.4 Å². The fraction of sp³-hybridized carbons (Fsp3) is 0.278. The molecule has 0 heterocycles. The van der Waals surface area contributed by atoms with Crippen LogP contribution in [0.3, 0.4) is 0 Å². The second-order valence-electron chi connectivity index (χ2n) is 5.87. The molecule has 0 saturated carbocycles. The van der Waals surface area contributed by atoms with Crippen LogP contribution in [0.5, 0.6) is 0 Å². The number of alkyl carbamates (subject to hydrolysis) is 1. The molecule has 0 bridgehead atoms. The summed E-state index contributed by atoms with van der Waals surface area (Å²) < 4.78 is 77.5. The molecule has 8 heteroatoms. The average molecular weight is 371 g/mol. The minimum atomic E-state index is -4.76. The molecule has 1 amide bonds. The van der Waals surface area contributed by atoms with Gasteiger partial charge in [-0.25, -0.2) is 9.18 Å². The Balaban J connectivity index is 2.29. The fourth-order valence-electron chi connectivity index (χ4n) is 3.22. The van der Waals surface area contributed by atoms with E-state index in [2.05, 4.69) is 10.1 Å². The quantitative estimate of drug-likeness (QED) is 0.789. The molecule has 0 fully saturated rings. The first-order valence-corrected chi connectivity index (χ1v) is 7.67. The number of rotatable bonds is 2. The van der Waals surface area contributed by atoms with Gasteiger partial charge in [0.15, 0.2) is 0 Å². The van der Waals surface area contributed by atoms with E-state index in [0.717, 1.165) is 19.2 Å². The van der Waals surface area contributed by atoms with Gasteiger partial charge in [-0.2, -0.15) is 17.6 Å². The highest BCUT2D eigenvalue weighted by Crippen LogP contribution is 2.56. The van der Waals surface area contributed by atoms with Crippen molar-refractivity contribution >= 4 is 6.09 Å². The van der Waals surface area contributed by atoms with Crippen LogP contribution < -0.4 is 5.32 Å². The molecule has 1 atom stereocenters. The van der Waals surface area contributed by atoms with E-state index in [0.29, 0.717) is 6.07 Å². The van der Waals surface area contributed by atoms with Crippen molar-refractivity contribution in [3.63, 3.8) is 0 Å². The van der Waals surface area contributed by atoms with Crippen LogP contribution in [0.1, 0.15) is 28.2 Å². The van der Waals surface area contributed by atoms with Crippen molar-refractivity contribution in [1.29, 1.82) is 0 Å². The number of halogens is 5. The van der Waals surface area contributed by atoms with Crippen LogP contribution in [0.15, 0.2) is 42.5 Å². The highest BCUT2D eigenvalue weighted by Gasteiger charge is 2.63. The number of fused-ring (bicyclic) bond motifs is 2. The minimum absolute atomic E-state index is 0.113. The first-order valence-electron chi connectivity index (χ1n) is 7.67. The maximum Gasteiger partial charge on any atom is 0.406 e. The molecule has 0 aliphatic heterocycles. The Morgan fingerprint density at radius 2 is 1.69 bits per heavy atom. The summed E-state index contributed by atoms with van der Waals surface area (Å²) in [4.78, 5) is 11.4. The third kappa shape index (κ3) is 2.60. The van der Waals surface area contributed by atoms with Gasteiger partial charge in [-0.3, -0.25) is 0 Å². The predicted molar refractivity (Wildman–Crippen MR) is 82.9 cm³/mol. The Morgan fingerprint density at radius 1 is 1.04 bits per heavy atom. The number of ether oxygens (including phenoxy) is 1. The standard InChI is InChI=1S/C18H14F5NO2/c1-26-16(25)24-9-12-10-5-2-3-7-13(10)17(20,21)18(22,23)15-11(12)6-4-8-14(15)19/h2-8,12H,9H2,1H3,(H,24,25). The van der Waals surface area contributed by atoms with Gasteiger partial charge in [-0.15, -0.1) is 0 Å². The summed E-state index contributed by atoms with van der Waals surface area (Å²) in [6.45, 7) is -0.313. The van der Waals surface area contributed by atoms with Gasteiger partial charge in [0.2, 0.25) is 0 Å². The number of hydrogen-bond donors (Lipinski definition) is 1. The highest BCUT2D eigenvalue weighted by molar-refractivity contribution is 5.67. The van der Waals surface area contributed by atoms with Crippen LogP contribution >= 0.6 is 0 Å². The lowest BCUT2D eigenvalue weighted by molar-refractivity contribution is -0.224. The summed E-state index contributed by atoms with van der Waals surface area (Å²) in [5, 5.41) is 2.31. The number of carbonyl (C=O) groups is 1. The van der Waals surface area contributed by atoms with Crippen molar-refractivity contribution < 1.29 is 31.5 Å². The monoisotopic (exact) mass is 371 g/mol. The number of nitrogens with one attached hydrogen (secondary N) is 1. The number of carbonyl (C=O) groups excluding carboxylic acids is 1. The van der Waals surface area contributed by atoms with Crippen LogP contribution in [0.2, 0.25) is 0 Å². The topological polar surface area (TPSA) is 38.3 Å². The van der Waals surface area contributed by atoms with E-state index in [4.69, 9.17) is 0 Å². The van der Waals surface area contributed by atoms with Crippen LogP contribution in [0.4, 0.5) is 26.7 Å². The third-order valence-electron chi connectivity index (χ3n) is 4.44. The number of alkyl halides is 4. The van der Waals surface area contributed by atoms with Gasteiger partial charge in [0.25, 0.3) is 0 Å². The lowest BCUT2D eigenvalue weighted by Gasteiger charge is -2.27. The highest BCUT2D eigenvalue weighted by atomic mass is 19.3. The van der Waals surface area contributed by atoms with Gasteiger partial charge in [0, 0.05) is 18.0 Å². The van der Waals surface area contributed by atoms with Crippen molar-refractivity contribution in [3.8, 4) is 0 Å². The number of amides is 1. The van der Waals surface area contributed by atoms with Crippen molar-refractivity contribution in [2.45, 2.75) is 17.8 Å². The third-order valence-corrected chi connectivity index (χ3v) is 4.44. The Hall–Kier alpha value is -2.64. The molecule has 1 N–H and O–H groups in total. The van der Waals surface area contributed by atoms with E-state index in [1.54, 1.807) is 0 Å². The summed E-state index contributed by atoms with van der Waals surface area (Å²) in [5.41, 5.74) is -2.69. The van der Waals surface area contributed by atoms with Crippen molar-refractivity contribution in [2.24, 2.45) is 0 Å². The molecular formula is C18H14F5NO2. The van der Waals surface area contributed by atoms with E-state index in [1.807, 2.05) is 0 Å². The lowest BCUT2D eigenvalue weighted by Crippen LogP contribution is -2.36. The number of methoxy groups -OCH3 is 1. The molecule has 2 aromatic rings. The second kappa shape index (κ2) is 6.26. The Kier molecular flexibility index (Phi) is 4.37. The summed E-state index contributed by atoms with van der Waals surface area (Å²) >= 11 is 0. The van der Waals surface area contributed by atoms with Crippen LogP contribution in [-0.4, -0.2) is 19.7 Å². The first kappa shape index (κ1) is 18.2. The molecule has 3 nitrogen and oxygen atoms in total. The van der Waals surface area contributed by atoms with Crippen LogP contribution in [0.25, 0.3) is 0 Å². The molecule has 0 saturated heterocycles. The molecule has 1 aliphatic carbocycles. The fourth-order valence-corrected chi connectivity index (χ4v) is 3.22. The molecule has 138 valence electrons. The molecule has 1 unspecified atom stereocenters. The van der Waals surface area contributed by atoms with Crippen LogP contribution in [0, 0.1) is 5.82 Å². The van der Waals surface area contributed by atoms with Crippen LogP contribution in [-0.2, 0) is 16.6 Å². The molecule has 26 heavy (non-hydrogen) atoms. The summed E-state index contributed by atoms with van der Waals surface area (Å²) in [5.74, 6) is -11.9. The summed E-state index contributed by atoms with van der Waals surface area (Å²) in [6, 6.07) is 7.82. The molecule has 0 radical (unpaired) electrons. The van der Waals surface area contributed by atoms with E-state index >= 15 is 0 Å². The van der Waals surface area contributed by atoms with Gasteiger partial charge in [-0.05, 0) is 17.2 Å². The molecule has 2 aromatic carbocycles. The van der Waals surface area contributed by atoms with Crippen molar-refractivity contribution in [3.05, 3.63) is 70.5 Å². The zero-order chi connectivity index (χ0) is 19.1. The number of benzene rings is 2. The van der Waals surface area contributed by atoms with E-state index < -0.39 is 40.8 Å². The van der Waals surface area contributed by atoms with E-state index in [-0.39, 0.29) is 17.7 Å². The Morgan fingerprint density at radius 3 is 2.38 bits per heavy atom. The summed E-state index contributed by atoms with van der Waals surface area (Å²) in [7, 11) is 1.10. The average Bonchev–Trinajstić information content (AvgIpc) is 2.66. The maximum atomic E-state index is 14.7. The zero-order valence-corrected chi connectivity index (χ0v) is 13.5. The predicted octanol–water partition coefficient (Wildman–Crippen LogP) is 4.51. The lowest BCUT2D eigenvalue weighted by atomic mass is 9.87. The first-order chi connectivity index (χ1) is 12.2. The van der Waals surface area contributed by atoms with Gasteiger partial charge < -0.3 is 10.1 Å².